The molecule has 0 saturated carbocycles. The number of ether oxygens (including phenoxy) is 1. The summed E-state index contributed by atoms with van der Waals surface area (Å²) in [4.78, 5) is 0. The highest BCUT2D eigenvalue weighted by Crippen LogP contribution is 2.33. The van der Waals surface area contributed by atoms with Crippen molar-refractivity contribution in [3.8, 4) is 5.75 Å². The lowest BCUT2D eigenvalue weighted by atomic mass is 10.1. The van der Waals surface area contributed by atoms with E-state index in [0.717, 1.165) is 28.5 Å². The van der Waals surface area contributed by atoms with E-state index in [2.05, 4.69) is 33.2 Å². The molecule has 2 aromatic carbocycles. The molecule has 0 amide bonds. The van der Waals surface area contributed by atoms with Crippen molar-refractivity contribution in [3.63, 3.8) is 0 Å². The normalized spacial score (nSPS) is 11.8. The first kappa shape index (κ1) is 14.7. The van der Waals surface area contributed by atoms with Crippen LogP contribution in [0.1, 0.15) is 19.3 Å². The second-order valence-corrected chi connectivity index (χ2v) is 5.29. The molecule has 5 heteroatoms. The van der Waals surface area contributed by atoms with Crippen LogP contribution in [0.2, 0.25) is 0 Å². The third-order valence-corrected chi connectivity index (χ3v) is 3.86. The molecule has 0 aliphatic carbocycles. The first-order chi connectivity index (χ1) is 9.72. The van der Waals surface area contributed by atoms with E-state index in [1.54, 1.807) is 0 Å². The molecule has 2 aromatic rings. The first-order valence-corrected chi connectivity index (χ1v) is 7.28. The summed E-state index contributed by atoms with van der Waals surface area (Å²) >= 11 is 3.59. The van der Waals surface area contributed by atoms with E-state index in [1.807, 2.05) is 24.3 Å². The van der Waals surface area contributed by atoms with Gasteiger partial charge in [-0.15, -0.1) is 0 Å². The van der Waals surface area contributed by atoms with Crippen molar-refractivity contribution in [2.24, 2.45) is 10.9 Å². The molecular weight excluding hydrogens is 320 g/mol. The van der Waals surface area contributed by atoms with Gasteiger partial charge in [0.05, 0.1) is 11.1 Å². The molecule has 0 aliphatic rings. The van der Waals surface area contributed by atoms with E-state index < -0.39 is 0 Å². The van der Waals surface area contributed by atoms with Crippen LogP contribution in [0.15, 0.2) is 46.0 Å². The van der Waals surface area contributed by atoms with Gasteiger partial charge < -0.3 is 15.7 Å². The molecule has 0 fully saturated rings. The summed E-state index contributed by atoms with van der Waals surface area (Å²) in [6.07, 6.45) is 2.27. The Balaban J connectivity index is 1.92. The Morgan fingerprint density at radius 3 is 2.80 bits per heavy atom. The van der Waals surface area contributed by atoms with E-state index in [0.29, 0.717) is 13.0 Å². The Morgan fingerprint density at radius 1 is 1.20 bits per heavy atom. The van der Waals surface area contributed by atoms with Crippen molar-refractivity contribution >= 4 is 32.5 Å². The fourth-order valence-electron chi connectivity index (χ4n) is 1.97. The highest BCUT2D eigenvalue weighted by Gasteiger charge is 2.05. The molecule has 0 aromatic heterocycles. The maximum Gasteiger partial charge on any atom is 0.139 e. The van der Waals surface area contributed by atoms with Gasteiger partial charge >= 0.3 is 0 Å². The summed E-state index contributed by atoms with van der Waals surface area (Å²) in [5, 5.41) is 13.7. The lowest BCUT2D eigenvalue weighted by Gasteiger charge is -2.10. The standard InChI is InChI=1S/C15H17BrN2O2/c16-15-12-6-2-1-5-11(12)8-9-13(15)20-10-4-3-7-14(17)18-19/h1-2,5-6,8-9,19H,3-4,7,10H2,(H2,17,18). The van der Waals surface area contributed by atoms with Gasteiger partial charge in [0.1, 0.15) is 11.6 Å². The van der Waals surface area contributed by atoms with Gasteiger partial charge in [0.15, 0.2) is 0 Å². The number of nitrogens with zero attached hydrogens (tertiary/aromatic N) is 1. The van der Waals surface area contributed by atoms with Crippen molar-refractivity contribution in [2.75, 3.05) is 6.61 Å². The topological polar surface area (TPSA) is 67.8 Å². The smallest absolute Gasteiger partial charge is 0.139 e. The van der Waals surface area contributed by atoms with Crippen LogP contribution in [0.25, 0.3) is 10.8 Å². The van der Waals surface area contributed by atoms with Gasteiger partial charge in [0.25, 0.3) is 0 Å². The number of nitrogens with two attached hydrogens (primary N) is 1. The zero-order valence-corrected chi connectivity index (χ0v) is 12.6. The lowest BCUT2D eigenvalue weighted by molar-refractivity contribution is 0.303. The van der Waals surface area contributed by atoms with Gasteiger partial charge in [-0.2, -0.15) is 0 Å². The zero-order valence-electron chi connectivity index (χ0n) is 11.1. The first-order valence-electron chi connectivity index (χ1n) is 6.49. The summed E-state index contributed by atoms with van der Waals surface area (Å²) < 4.78 is 6.75. The van der Waals surface area contributed by atoms with Crippen LogP contribution in [0.3, 0.4) is 0 Å². The molecule has 0 aliphatic heterocycles. The zero-order chi connectivity index (χ0) is 14.4. The van der Waals surface area contributed by atoms with Gasteiger partial charge in [0.2, 0.25) is 0 Å². The van der Waals surface area contributed by atoms with Crippen LogP contribution >= 0.6 is 15.9 Å². The van der Waals surface area contributed by atoms with Crippen LogP contribution < -0.4 is 10.5 Å². The van der Waals surface area contributed by atoms with Gasteiger partial charge in [-0.25, -0.2) is 0 Å². The van der Waals surface area contributed by atoms with E-state index >= 15 is 0 Å². The predicted octanol–water partition coefficient (Wildman–Crippen LogP) is 3.90. The lowest BCUT2D eigenvalue weighted by Crippen LogP contribution is -2.11. The fourth-order valence-corrected chi connectivity index (χ4v) is 2.57. The van der Waals surface area contributed by atoms with E-state index in [4.69, 9.17) is 15.7 Å². The van der Waals surface area contributed by atoms with Gasteiger partial charge in [-0.05, 0) is 45.6 Å². The number of halogens is 1. The largest absolute Gasteiger partial charge is 0.492 e. The molecule has 0 radical (unpaired) electrons. The van der Waals surface area contributed by atoms with Crippen LogP contribution in [-0.4, -0.2) is 17.6 Å². The summed E-state index contributed by atoms with van der Waals surface area (Å²) in [6, 6.07) is 12.2. The van der Waals surface area contributed by atoms with Crippen LogP contribution in [0.4, 0.5) is 0 Å². The average Bonchev–Trinajstić information content (AvgIpc) is 2.49. The van der Waals surface area contributed by atoms with Gasteiger partial charge in [0, 0.05) is 6.42 Å². The van der Waals surface area contributed by atoms with Crippen molar-refractivity contribution in [1.29, 1.82) is 0 Å². The molecule has 3 N–H and O–H groups in total. The number of benzene rings is 2. The average molecular weight is 337 g/mol. The Morgan fingerprint density at radius 2 is 2.00 bits per heavy atom. The Hall–Kier alpha value is -1.75. The van der Waals surface area contributed by atoms with Gasteiger partial charge in [-0.3, -0.25) is 0 Å². The fraction of sp³-hybridized carbons (Fsp3) is 0.267. The van der Waals surface area contributed by atoms with E-state index in [-0.39, 0.29) is 5.84 Å². The van der Waals surface area contributed by atoms with Crippen LogP contribution in [0.5, 0.6) is 5.75 Å². The summed E-state index contributed by atoms with van der Waals surface area (Å²) in [5.41, 5.74) is 5.40. The number of hydrogen-bond donors (Lipinski definition) is 2. The van der Waals surface area contributed by atoms with Crippen LogP contribution in [0, 0.1) is 0 Å². The molecule has 0 heterocycles. The molecule has 0 saturated heterocycles. The molecule has 2 rings (SSSR count). The molecule has 0 bridgehead atoms. The number of unbranched alkanes of at least 4 members (excludes halogenated alkanes) is 1. The monoisotopic (exact) mass is 336 g/mol. The molecule has 0 unspecified atom stereocenters. The molecule has 0 atom stereocenters. The van der Waals surface area contributed by atoms with Gasteiger partial charge in [-0.1, -0.05) is 35.5 Å². The highest BCUT2D eigenvalue weighted by molar-refractivity contribution is 9.10. The number of hydrogen-bond acceptors (Lipinski definition) is 3. The quantitative estimate of drug-likeness (QED) is 0.276. The number of rotatable bonds is 6. The summed E-state index contributed by atoms with van der Waals surface area (Å²) in [6.45, 7) is 0.607. The molecule has 4 nitrogen and oxygen atoms in total. The van der Waals surface area contributed by atoms with Crippen LogP contribution in [-0.2, 0) is 0 Å². The third kappa shape index (κ3) is 3.63. The minimum atomic E-state index is 0.261. The second kappa shape index (κ2) is 7.14. The number of fused-ring (bicyclic) bond motifs is 1. The second-order valence-electron chi connectivity index (χ2n) is 4.50. The molecule has 20 heavy (non-hydrogen) atoms. The van der Waals surface area contributed by atoms with Crippen molar-refractivity contribution < 1.29 is 9.94 Å². The minimum Gasteiger partial charge on any atom is -0.492 e. The van der Waals surface area contributed by atoms with Crippen molar-refractivity contribution in [1.82, 2.24) is 0 Å². The SMILES string of the molecule is NC(CCCCOc1ccc2ccccc2c1Br)=NO. The predicted molar refractivity (Wildman–Crippen MR) is 84.4 cm³/mol. The summed E-state index contributed by atoms with van der Waals surface area (Å²) in [7, 11) is 0. The third-order valence-electron chi connectivity index (χ3n) is 3.04. The molecular formula is C15H17BrN2O2. The van der Waals surface area contributed by atoms with E-state index in [9.17, 15) is 0 Å². The molecule has 106 valence electrons. The minimum absolute atomic E-state index is 0.261. The Kier molecular flexibility index (Phi) is 5.24. The van der Waals surface area contributed by atoms with Crippen molar-refractivity contribution in [2.45, 2.75) is 19.3 Å². The summed E-state index contributed by atoms with van der Waals surface area (Å²) in [5.74, 6) is 1.10. The number of amidine groups is 1. The number of oxime groups is 1. The maximum atomic E-state index is 8.43. The Bertz CT molecular complexity index is 614. The van der Waals surface area contributed by atoms with Crippen molar-refractivity contribution in [3.05, 3.63) is 40.9 Å². The highest BCUT2D eigenvalue weighted by atomic mass is 79.9. The van der Waals surface area contributed by atoms with E-state index in [1.165, 1.54) is 5.39 Å². The Labute approximate surface area is 126 Å². The maximum absolute atomic E-state index is 8.43. The molecule has 0 spiro atoms.